The molecule has 4 N–H and O–H groups in total. The quantitative estimate of drug-likeness (QED) is 0.385. The third-order valence-corrected chi connectivity index (χ3v) is 2.04. The highest BCUT2D eigenvalue weighted by atomic mass is 16.4. The first-order chi connectivity index (χ1) is 6.08. The van der Waals surface area contributed by atoms with Gasteiger partial charge in [0.2, 0.25) is 0 Å². The lowest BCUT2D eigenvalue weighted by Crippen LogP contribution is -2.46. The van der Waals surface area contributed by atoms with E-state index in [1.54, 1.807) is 0 Å². The minimum absolute atomic E-state index is 0.593. The molecule has 0 aliphatic carbocycles. The summed E-state index contributed by atoms with van der Waals surface area (Å²) in [6.45, 7) is -2.22. The molecule has 1 unspecified atom stereocenters. The Hall–Kier alpha value is -1.09. The molecule has 0 spiro atoms. The Labute approximate surface area is 75.6 Å². The van der Waals surface area contributed by atoms with Crippen LogP contribution in [0.4, 0.5) is 0 Å². The number of aliphatic hydroxyl groups is 3. The summed E-state index contributed by atoms with van der Waals surface area (Å²) in [5, 5.41) is 35.1. The van der Waals surface area contributed by atoms with Gasteiger partial charge in [-0.05, 0) is 0 Å². The largest absolute Gasteiger partial charge is 0.481 e. The Kier molecular flexibility index (Phi) is 4.42. The summed E-state index contributed by atoms with van der Waals surface area (Å²) in [6.07, 6.45) is 4.96. The highest BCUT2D eigenvalue weighted by Gasteiger charge is 2.44. The SMILES string of the molecule is C#CC(CO)C(CO)(CO)C(=O)O. The zero-order valence-corrected chi connectivity index (χ0v) is 6.97. The monoisotopic (exact) mass is 188 g/mol. The van der Waals surface area contributed by atoms with Crippen LogP contribution in [0.3, 0.4) is 0 Å². The predicted octanol–water partition coefficient (Wildman–Crippen LogP) is -1.72. The Morgan fingerprint density at radius 2 is 1.85 bits per heavy atom. The van der Waals surface area contributed by atoms with Crippen molar-refractivity contribution in [2.75, 3.05) is 19.8 Å². The Morgan fingerprint density at radius 1 is 1.38 bits per heavy atom. The number of aliphatic hydroxyl groups excluding tert-OH is 3. The molecule has 13 heavy (non-hydrogen) atoms. The Balaban J connectivity index is 4.97. The van der Waals surface area contributed by atoms with Gasteiger partial charge < -0.3 is 20.4 Å². The Morgan fingerprint density at radius 3 is 1.92 bits per heavy atom. The van der Waals surface area contributed by atoms with Crippen molar-refractivity contribution in [3.05, 3.63) is 0 Å². The smallest absolute Gasteiger partial charge is 0.315 e. The summed E-state index contributed by atoms with van der Waals surface area (Å²) in [6, 6.07) is 0. The lowest BCUT2D eigenvalue weighted by molar-refractivity contribution is -0.159. The van der Waals surface area contributed by atoms with Crippen molar-refractivity contribution in [2.24, 2.45) is 11.3 Å². The van der Waals surface area contributed by atoms with Crippen molar-refractivity contribution in [3.63, 3.8) is 0 Å². The van der Waals surface area contributed by atoms with E-state index in [0.717, 1.165) is 0 Å². The highest BCUT2D eigenvalue weighted by Crippen LogP contribution is 2.26. The van der Waals surface area contributed by atoms with E-state index in [1.807, 2.05) is 5.92 Å². The van der Waals surface area contributed by atoms with Crippen molar-refractivity contribution in [1.82, 2.24) is 0 Å². The van der Waals surface area contributed by atoms with E-state index >= 15 is 0 Å². The maximum atomic E-state index is 10.7. The number of aliphatic carboxylic acids is 1. The first kappa shape index (κ1) is 11.9. The van der Waals surface area contributed by atoms with Crippen molar-refractivity contribution in [3.8, 4) is 12.3 Å². The van der Waals surface area contributed by atoms with E-state index in [9.17, 15) is 4.79 Å². The molecular formula is C8H12O5. The molecule has 0 amide bonds. The number of carboxylic acids is 1. The van der Waals surface area contributed by atoms with Gasteiger partial charge in [-0.15, -0.1) is 6.42 Å². The van der Waals surface area contributed by atoms with E-state index < -0.39 is 37.1 Å². The minimum Gasteiger partial charge on any atom is -0.481 e. The van der Waals surface area contributed by atoms with Crippen molar-refractivity contribution >= 4 is 5.97 Å². The van der Waals surface area contributed by atoms with Crippen LogP contribution >= 0.6 is 0 Å². The second-order valence-electron chi connectivity index (χ2n) is 2.68. The fourth-order valence-electron chi connectivity index (χ4n) is 0.942. The molecule has 0 aliphatic rings. The van der Waals surface area contributed by atoms with Crippen LogP contribution in [0.25, 0.3) is 0 Å². The van der Waals surface area contributed by atoms with Gasteiger partial charge in [0.15, 0.2) is 0 Å². The molecular weight excluding hydrogens is 176 g/mol. The topological polar surface area (TPSA) is 98.0 Å². The van der Waals surface area contributed by atoms with Gasteiger partial charge in [0.05, 0.1) is 25.7 Å². The van der Waals surface area contributed by atoms with Gasteiger partial charge in [-0.1, -0.05) is 5.92 Å². The molecule has 1 atom stereocenters. The molecule has 0 fully saturated rings. The fraction of sp³-hybridized carbons (Fsp3) is 0.625. The summed E-state index contributed by atoms with van der Waals surface area (Å²) in [5.74, 6) is -0.494. The standard InChI is InChI=1S/C8H12O5/c1-2-6(3-9)8(4-10,5-11)7(12)13/h1,6,9-11H,3-5H2,(H,12,13). The predicted molar refractivity (Wildman–Crippen MR) is 43.6 cm³/mol. The van der Waals surface area contributed by atoms with Crippen LogP contribution in [0.1, 0.15) is 0 Å². The second-order valence-corrected chi connectivity index (χ2v) is 2.68. The molecule has 0 saturated heterocycles. The molecule has 0 aromatic rings. The maximum Gasteiger partial charge on any atom is 0.315 e. The summed E-state index contributed by atoms with van der Waals surface area (Å²) < 4.78 is 0. The third-order valence-electron chi connectivity index (χ3n) is 2.04. The number of hydrogen-bond donors (Lipinski definition) is 4. The van der Waals surface area contributed by atoms with E-state index in [4.69, 9.17) is 26.8 Å². The van der Waals surface area contributed by atoms with Crippen LogP contribution < -0.4 is 0 Å². The molecule has 5 nitrogen and oxygen atoms in total. The molecule has 0 rings (SSSR count). The van der Waals surface area contributed by atoms with Gasteiger partial charge in [0.1, 0.15) is 5.41 Å². The van der Waals surface area contributed by atoms with Crippen LogP contribution in [0.2, 0.25) is 0 Å². The summed E-state index contributed by atoms with van der Waals surface area (Å²) in [5.41, 5.74) is -1.86. The lowest BCUT2D eigenvalue weighted by Gasteiger charge is -2.29. The van der Waals surface area contributed by atoms with Crippen molar-refractivity contribution < 1.29 is 25.2 Å². The first-order valence-corrected chi connectivity index (χ1v) is 3.61. The van der Waals surface area contributed by atoms with Crippen molar-refractivity contribution in [2.45, 2.75) is 0 Å². The van der Waals surface area contributed by atoms with Crippen molar-refractivity contribution in [1.29, 1.82) is 0 Å². The average Bonchev–Trinajstić information content (AvgIpc) is 2.13. The van der Waals surface area contributed by atoms with Gasteiger partial charge in [0, 0.05) is 0 Å². The maximum absolute atomic E-state index is 10.7. The average molecular weight is 188 g/mol. The zero-order valence-electron chi connectivity index (χ0n) is 6.97. The van der Waals surface area contributed by atoms with E-state index in [-0.39, 0.29) is 0 Å². The fourth-order valence-corrected chi connectivity index (χ4v) is 0.942. The lowest BCUT2D eigenvalue weighted by atomic mass is 9.77. The van der Waals surface area contributed by atoms with Crippen LogP contribution in [-0.2, 0) is 4.79 Å². The van der Waals surface area contributed by atoms with Crippen LogP contribution in [0, 0.1) is 23.7 Å². The zero-order chi connectivity index (χ0) is 10.5. The molecule has 74 valence electrons. The molecule has 5 heteroatoms. The molecule has 0 heterocycles. The number of rotatable bonds is 5. The number of terminal acetylenes is 1. The van der Waals surface area contributed by atoms with Crippen LogP contribution in [0.15, 0.2) is 0 Å². The van der Waals surface area contributed by atoms with Gasteiger partial charge in [0.25, 0.3) is 0 Å². The highest BCUT2D eigenvalue weighted by molar-refractivity contribution is 5.76. The number of carboxylic acid groups (broad SMARTS) is 1. The Bertz CT molecular complexity index is 213. The number of carbonyl (C=O) groups is 1. The molecule has 0 bridgehead atoms. The summed E-state index contributed by atoms with van der Waals surface area (Å²) >= 11 is 0. The van der Waals surface area contributed by atoms with Gasteiger partial charge in [-0.25, -0.2) is 0 Å². The number of hydrogen-bond acceptors (Lipinski definition) is 4. The molecule has 0 aromatic heterocycles. The third kappa shape index (κ3) is 1.98. The first-order valence-electron chi connectivity index (χ1n) is 3.61. The van der Waals surface area contributed by atoms with E-state index in [2.05, 4.69) is 0 Å². The van der Waals surface area contributed by atoms with Gasteiger partial charge in [-0.3, -0.25) is 4.79 Å². The van der Waals surface area contributed by atoms with Crippen LogP contribution in [0.5, 0.6) is 0 Å². The molecule has 0 aliphatic heterocycles. The second kappa shape index (κ2) is 4.82. The minimum atomic E-state index is -1.86. The molecule has 0 aromatic carbocycles. The summed E-state index contributed by atoms with van der Waals surface area (Å²) in [4.78, 5) is 10.7. The van der Waals surface area contributed by atoms with Gasteiger partial charge in [-0.2, -0.15) is 0 Å². The van der Waals surface area contributed by atoms with E-state index in [1.165, 1.54) is 0 Å². The normalized spacial score (nSPS) is 13.4. The van der Waals surface area contributed by atoms with Crippen LogP contribution in [-0.4, -0.2) is 46.2 Å². The summed E-state index contributed by atoms with van der Waals surface area (Å²) in [7, 11) is 0. The van der Waals surface area contributed by atoms with E-state index in [0.29, 0.717) is 0 Å². The molecule has 0 radical (unpaired) electrons. The van der Waals surface area contributed by atoms with Gasteiger partial charge >= 0.3 is 5.97 Å². The molecule has 0 saturated carbocycles.